The number of carbonyl (C=O) groups is 1. The molecule has 0 atom stereocenters. The van der Waals surface area contributed by atoms with E-state index in [0.29, 0.717) is 36.4 Å². The first kappa shape index (κ1) is 30.8. The van der Waals surface area contributed by atoms with Gasteiger partial charge in [-0.25, -0.2) is 18.2 Å². The summed E-state index contributed by atoms with van der Waals surface area (Å²) in [4.78, 5) is 26.6. The summed E-state index contributed by atoms with van der Waals surface area (Å²) in [5.74, 6) is 1.19. The van der Waals surface area contributed by atoms with Crippen LogP contribution in [0.3, 0.4) is 0 Å². The molecular formula is C32H37ClN8O3S. The van der Waals surface area contributed by atoms with Gasteiger partial charge in [0, 0.05) is 56.2 Å². The molecule has 0 bridgehead atoms. The summed E-state index contributed by atoms with van der Waals surface area (Å²) in [6, 6.07) is 18.0. The van der Waals surface area contributed by atoms with Crippen molar-refractivity contribution in [2.24, 2.45) is 7.05 Å². The van der Waals surface area contributed by atoms with Gasteiger partial charge in [-0.15, -0.1) is 0 Å². The quantitative estimate of drug-likeness (QED) is 0.276. The molecule has 6 rings (SSSR count). The predicted octanol–water partition coefficient (Wildman–Crippen LogP) is 4.90. The van der Waals surface area contributed by atoms with Gasteiger partial charge in [0.15, 0.2) is 15.7 Å². The molecule has 4 aromatic rings. The molecule has 0 spiro atoms. The number of benzene rings is 2. The zero-order chi connectivity index (χ0) is 31.4. The highest BCUT2D eigenvalue weighted by Gasteiger charge is 2.31. The van der Waals surface area contributed by atoms with Gasteiger partial charge < -0.3 is 15.5 Å². The minimum absolute atomic E-state index is 0.0139. The second-order valence-electron chi connectivity index (χ2n) is 11.6. The van der Waals surface area contributed by atoms with Gasteiger partial charge in [0.05, 0.1) is 23.9 Å². The maximum absolute atomic E-state index is 13.7. The van der Waals surface area contributed by atoms with E-state index in [1.54, 1.807) is 10.9 Å². The molecule has 2 aromatic carbocycles. The van der Waals surface area contributed by atoms with Crippen LogP contribution in [0.15, 0.2) is 73.2 Å². The fourth-order valence-corrected chi connectivity index (χ4v) is 7.38. The maximum atomic E-state index is 13.7. The van der Waals surface area contributed by atoms with E-state index in [-0.39, 0.29) is 29.6 Å². The van der Waals surface area contributed by atoms with Gasteiger partial charge in [0.1, 0.15) is 5.02 Å². The number of anilines is 3. The third-order valence-corrected chi connectivity index (χ3v) is 10.3. The molecule has 2 amide bonds. The fourth-order valence-electron chi connectivity index (χ4n) is 5.97. The molecule has 1 saturated heterocycles. The average molecular weight is 649 g/mol. The van der Waals surface area contributed by atoms with Crippen molar-refractivity contribution in [2.45, 2.75) is 44.3 Å². The van der Waals surface area contributed by atoms with Crippen molar-refractivity contribution in [3.05, 3.63) is 83.8 Å². The Morgan fingerprint density at radius 2 is 1.69 bits per heavy atom. The van der Waals surface area contributed by atoms with Crippen LogP contribution in [0.2, 0.25) is 5.02 Å². The minimum Gasteiger partial charge on any atom is -0.353 e. The van der Waals surface area contributed by atoms with Crippen LogP contribution in [0.5, 0.6) is 0 Å². The molecule has 2 N–H and O–H groups in total. The van der Waals surface area contributed by atoms with Crippen molar-refractivity contribution in [2.75, 3.05) is 39.7 Å². The van der Waals surface area contributed by atoms with Gasteiger partial charge >= 0.3 is 6.03 Å². The number of aryl methyl sites for hydroxylation is 1. The molecular weight excluding hydrogens is 612 g/mol. The molecule has 45 heavy (non-hydrogen) atoms. The molecule has 236 valence electrons. The molecule has 1 aliphatic carbocycles. The fraction of sp³-hybridized carbons (Fsp3) is 0.375. The standard InChI is InChI=1S/C32H37ClN8O3S/c1-39-22-25(20-36-39)24-7-11-27(12-8-24)41(32(42)35-19-23-5-3-2-4-6-23)28-13-9-26(10-14-28)37-31-34-21-29(33)30(38-31)40-15-17-45(43,44)18-16-40/h2-8,11-12,20-22,26,28H,9-10,13-19H2,1H3,(H,35,42)(H,34,37,38). The van der Waals surface area contributed by atoms with E-state index in [1.807, 2.05) is 83.8 Å². The van der Waals surface area contributed by atoms with Crippen LogP contribution in [0.1, 0.15) is 31.2 Å². The third kappa shape index (κ3) is 7.56. The minimum atomic E-state index is -3.02. The van der Waals surface area contributed by atoms with Gasteiger partial charge in [0.2, 0.25) is 5.95 Å². The van der Waals surface area contributed by atoms with E-state index in [4.69, 9.17) is 11.6 Å². The summed E-state index contributed by atoms with van der Waals surface area (Å²) in [5, 5.41) is 11.3. The van der Waals surface area contributed by atoms with Gasteiger partial charge in [-0.3, -0.25) is 9.58 Å². The number of rotatable bonds is 8. The van der Waals surface area contributed by atoms with Crippen LogP contribution in [-0.2, 0) is 23.4 Å². The molecule has 13 heteroatoms. The summed E-state index contributed by atoms with van der Waals surface area (Å²) in [6.07, 6.45) is 8.61. The summed E-state index contributed by atoms with van der Waals surface area (Å²) >= 11 is 6.40. The predicted molar refractivity (Wildman–Crippen MR) is 177 cm³/mol. The Kier molecular flexibility index (Phi) is 9.22. The zero-order valence-corrected chi connectivity index (χ0v) is 26.7. The number of hydrogen-bond donors (Lipinski definition) is 2. The topological polar surface area (TPSA) is 125 Å². The Balaban J connectivity index is 1.13. The molecule has 2 aromatic heterocycles. The second kappa shape index (κ2) is 13.5. The monoisotopic (exact) mass is 648 g/mol. The highest BCUT2D eigenvalue weighted by molar-refractivity contribution is 7.91. The molecule has 0 unspecified atom stereocenters. The van der Waals surface area contributed by atoms with Crippen molar-refractivity contribution < 1.29 is 13.2 Å². The zero-order valence-electron chi connectivity index (χ0n) is 25.1. The Bertz CT molecular complexity index is 1710. The van der Waals surface area contributed by atoms with E-state index in [0.717, 1.165) is 48.1 Å². The van der Waals surface area contributed by atoms with Crippen LogP contribution >= 0.6 is 11.6 Å². The number of halogens is 1. The van der Waals surface area contributed by atoms with Crippen molar-refractivity contribution in [3.63, 3.8) is 0 Å². The van der Waals surface area contributed by atoms with Gasteiger partial charge in [0.25, 0.3) is 0 Å². The van der Waals surface area contributed by atoms with E-state index in [2.05, 4.69) is 25.7 Å². The smallest absolute Gasteiger partial charge is 0.322 e. The molecule has 3 heterocycles. The molecule has 2 aliphatic rings. The molecule has 2 fully saturated rings. The maximum Gasteiger partial charge on any atom is 0.322 e. The number of carbonyl (C=O) groups excluding carboxylic acids is 1. The Labute approximate surface area is 268 Å². The van der Waals surface area contributed by atoms with Gasteiger partial charge in [-0.05, 0) is 48.9 Å². The lowest BCUT2D eigenvalue weighted by atomic mass is 9.90. The Morgan fingerprint density at radius 1 is 0.978 bits per heavy atom. The van der Waals surface area contributed by atoms with Crippen LogP contribution < -0.4 is 20.4 Å². The second-order valence-corrected chi connectivity index (χ2v) is 14.3. The van der Waals surface area contributed by atoms with Crippen LogP contribution in [0.25, 0.3) is 11.1 Å². The summed E-state index contributed by atoms with van der Waals surface area (Å²) in [7, 11) is -1.13. The van der Waals surface area contributed by atoms with Crippen LogP contribution in [0.4, 0.5) is 22.2 Å². The third-order valence-electron chi connectivity index (χ3n) is 8.45. The van der Waals surface area contributed by atoms with Crippen molar-refractivity contribution in [1.29, 1.82) is 0 Å². The molecule has 1 saturated carbocycles. The first-order valence-electron chi connectivity index (χ1n) is 15.2. The summed E-state index contributed by atoms with van der Waals surface area (Å²) in [5.41, 5.74) is 3.95. The number of hydrogen-bond acceptors (Lipinski definition) is 8. The van der Waals surface area contributed by atoms with Gasteiger partial charge in [-0.1, -0.05) is 54.1 Å². The lowest BCUT2D eigenvalue weighted by molar-refractivity contribution is 0.240. The molecule has 0 radical (unpaired) electrons. The largest absolute Gasteiger partial charge is 0.353 e. The number of amides is 2. The normalized spacial score (nSPS) is 19.6. The van der Waals surface area contributed by atoms with E-state index >= 15 is 0 Å². The first-order valence-corrected chi connectivity index (χ1v) is 17.4. The Hall–Kier alpha value is -4.16. The summed E-state index contributed by atoms with van der Waals surface area (Å²) < 4.78 is 25.6. The van der Waals surface area contributed by atoms with Crippen LogP contribution in [-0.4, -0.2) is 70.9 Å². The first-order chi connectivity index (χ1) is 21.7. The van der Waals surface area contributed by atoms with Gasteiger partial charge in [-0.2, -0.15) is 10.1 Å². The average Bonchev–Trinajstić information content (AvgIpc) is 3.49. The highest BCUT2D eigenvalue weighted by Crippen LogP contribution is 2.32. The van der Waals surface area contributed by atoms with Crippen molar-refractivity contribution in [3.8, 4) is 11.1 Å². The highest BCUT2D eigenvalue weighted by atomic mass is 35.5. The SMILES string of the molecule is Cn1cc(-c2ccc(N(C(=O)NCc3ccccc3)C3CCC(Nc4ncc(Cl)c(N5CCS(=O)(=O)CC5)n4)CC3)cc2)cn1. The van der Waals surface area contributed by atoms with E-state index in [1.165, 1.54) is 0 Å². The van der Waals surface area contributed by atoms with E-state index in [9.17, 15) is 13.2 Å². The lowest BCUT2D eigenvalue weighted by Crippen LogP contribution is -2.48. The van der Waals surface area contributed by atoms with Crippen LogP contribution in [0, 0.1) is 0 Å². The Morgan fingerprint density at radius 3 is 2.36 bits per heavy atom. The van der Waals surface area contributed by atoms with Crippen molar-refractivity contribution in [1.82, 2.24) is 25.1 Å². The molecule has 1 aliphatic heterocycles. The number of nitrogens with zero attached hydrogens (tertiary/aromatic N) is 6. The lowest BCUT2D eigenvalue weighted by Gasteiger charge is -2.37. The molecule has 11 nitrogen and oxygen atoms in total. The van der Waals surface area contributed by atoms with Crippen molar-refractivity contribution >= 4 is 44.9 Å². The summed E-state index contributed by atoms with van der Waals surface area (Å²) in [6.45, 7) is 1.16. The number of nitrogens with one attached hydrogen (secondary N) is 2. The number of urea groups is 1. The van der Waals surface area contributed by atoms with E-state index < -0.39 is 9.84 Å². The number of aromatic nitrogens is 4. The number of sulfone groups is 1.